The van der Waals surface area contributed by atoms with Gasteiger partial charge < -0.3 is 9.64 Å². The van der Waals surface area contributed by atoms with Gasteiger partial charge in [-0.1, -0.05) is 42.5 Å². The fraction of sp³-hybridized carbons (Fsp3) is 0.227. The lowest BCUT2D eigenvalue weighted by atomic mass is 10.0. The van der Waals surface area contributed by atoms with E-state index in [0.29, 0.717) is 18.0 Å². The molecule has 0 aliphatic carbocycles. The molecule has 1 saturated heterocycles. The molecular weight excluding hydrogens is 338 g/mol. The van der Waals surface area contributed by atoms with Crippen LogP contribution in [0.2, 0.25) is 0 Å². The molecule has 4 rings (SSSR count). The summed E-state index contributed by atoms with van der Waals surface area (Å²) in [6.07, 6.45) is 3.39. The largest absolute Gasteiger partial charge is 0.471 e. The van der Waals surface area contributed by atoms with Gasteiger partial charge in [-0.25, -0.2) is 0 Å². The van der Waals surface area contributed by atoms with E-state index in [1.54, 1.807) is 18.3 Å². The summed E-state index contributed by atoms with van der Waals surface area (Å²) in [6.45, 7) is 1.31. The first-order valence-electron chi connectivity index (χ1n) is 9.19. The van der Waals surface area contributed by atoms with Crippen LogP contribution in [0, 0.1) is 0 Å². The van der Waals surface area contributed by atoms with Gasteiger partial charge in [0.1, 0.15) is 6.10 Å². The summed E-state index contributed by atoms with van der Waals surface area (Å²) in [5, 5.41) is 7.79. The van der Waals surface area contributed by atoms with E-state index < -0.39 is 0 Å². The molecule has 1 atom stereocenters. The van der Waals surface area contributed by atoms with E-state index in [9.17, 15) is 4.79 Å². The van der Waals surface area contributed by atoms with Gasteiger partial charge in [0.2, 0.25) is 5.88 Å². The van der Waals surface area contributed by atoms with Crippen LogP contribution in [0.15, 0.2) is 72.9 Å². The van der Waals surface area contributed by atoms with Crippen LogP contribution in [-0.4, -0.2) is 40.2 Å². The Hall–Kier alpha value is -3.21. The number of benzene rings is 2. The summed E-state index contributed by atoms with van der Waals surface area (Å²) in [5.74, 6) is 0.547. The molecule has 5 heteroatoms. The first-order valence-corrected chi connectivity index (χ1v) is 9.19. The minimum atomic E-state index is -0.0528. The lowest BCUT2D eigenvalue weighted by Gasteiger charge is -2.32. The van der Waals surface area contributed by atoms with E-state index in [1.165, 1.54) is 0 Å². The predicted octanol–water partition coefficient (Wildman–Crippen LogP) is 3.83. The molecule has 136 valence electrons. The summed E-state index contributed by atoms with van der Waals surface area (Å²) >= 11 is 0. The second-order valence-corrected chi connectivity index (χ2v) is 6.64. The molecule has 27 heavy (non-hydrogen) atoms. The van der Waals surface area contributed by atoms with E-state index in [2.05, 4.69) is 22.3 Å². The molecule has 0 spiro atoms. The van der Waals surface area contributed by atoms with Gasteiger partial charge >= 0.3 is 0 Å². The monoisotopic (exact) mass is 359 g/mol. The molecule has 0 bridgehead atoms. The SMILES string of the molecule is O=C(c1ccc(-c2ccccc2)cc1)N1CCCC(Oc2cccnn2)C1. The minimum Gasteiger partial charge on any atom is -0.471 e. The number of ether oxygens (including phenoxy) is 1. The number of carbonyl (C=O) groups is 1. The molecule has 2 heterocycles. The summed E-state index contributed by atoms with van der Waals surface area (Å²) < 4.78 is 5.88. The smallest absolute Gasteiger partial charge is 0.253 e. The Morgan fingerprint density at radius 3 is 2.48 bits per heavy atom. The van der Waals surface area contributed by atoms with E-state index >= 15 is 0 Å². The Kier molecular flexibility index (Phi) is 5.10. The molecule has 5 nitrogen and oxygen atoms in total. The van der Waals surface area contributed by atoms with Gasteiger partial charge in [-0.15, -0.1) is 5.10 Å². The number of carbonyl (C=O) groups excluding carboxylic acids is 1. The number of aromatic nitrogens is 2. The Morgan fingerprint density at radius 2 is 1.74 bits per heavy atom. The van der Waals surface area contributed by atoms with Crippen molar-refractivity contribution in [2.24, 2.45) is 0 Å². The predicted molar refractivity (Wildman–Crippen MR) is 103 cm³/mol. The molecule has 1 unspecified atom stereocenters. The lowest BCUT2D eigenvalue weighted by molar-refractivity contribution is 0.0525. The van der Waals surface area contributed by atoms with Crippen molar-refractivity contribution in [3.05, 3.63) is 78.5 Å². The lowest BCUT2D eigenvalue weighted by Crippen LogP contribution is -2.44. The summed E-state index contributed by atoms with van der Waals surface area (Å²) in [7, 11) is 0. The maximum absolute atomic E-state index is 12.9. The van der Waals surface area contributed by atoms with E-state index in [4.69, 9.17) is 4.74 Å². The number of hydrogen-bond donors (Lipinski definition) is 0. The molecular formula is C22H21N3O2. The average Bonchev–Trinajstić information content (AvgIpc) is 2.75. The molecule has 0 saturated carbocycles. The zero-order valence-electron chi connectivity index (χ0n) is 15.0. The fourth-order valence-electron chi connectivity index (χ4n) is 3.36. The topological polar surface area (TPSA) is 55.3 Å². The number of amides is 1. The quantitative estimate of drug-likeness (QED) is 0.710. The maximum atomic E-state index is 12.9. The Labute approximate surface area is 158 Å². The van der Waals surface area contributed by atoms with Gasteiger partial charge in [0.05, 0.1) is 6.54 Å². The van der Waals surface area contributed by atoms with E-state index in [-0.39, 0.29) is 12.0 Å². The first kappa shape index (κ1) is 17.2. The summed E-state index contributed by atoms with van der Waals surface area (Å²) in [6, 6.07) is 21.5. The van der Waals surface area contributed by atoms with E-state index in [1.807, 2.05) is 47.4 Å². The van der Waals surface area contributed by atoms with Crippen molar-refractivity contribution in [2.45, 2.75) is 18.9 Å². The Bertz CT molecular complexity index is 882. The highest BCUT2D eigenvalue weighted by atomic mass is 16.5. The van der Waals surface area contributed by atoms with Crippen molar-refractivity contribution in [3.63, 3.8) is 0 Å². The standard InChI is InChI=1S/C22H21N3O2/c26-22(19-12-10-18(11-13-19)17-6-2-1-3-7-17)25-15-5-8-20(16-25)27-21-9-4-14-23-24-21/h1-4,6-7,9-14,20H,5,8,15-16H2. The van der Waals surface area contributed by atoms with Crippen molar-refractivity contribution in [2.75, 3.05) is 13.1 Å². The Morgan fingerprint density at radius 1 is 0.963 bits per heavy atom. The number of rotatable bonds is 4. The van der Waals surface area contributed by atoms with Crippen molar-refractivity contribution >= 4 is 5.91 Å². The molecule has 0 N–H and O–H groups in total. The Balaban J connectivity index is 1.42. The molecule has 1 aromatic heterocycles. The van der Waals surface area contributed by atoms with Crippen LogP contribution in [0.4, 0.5) is 0 Å². The van der Waals surface area contributed by atoms with Gasteiger partial charge in [-0.3, -0.25) is 4.79 Å². The van der Waals surface area contributed by atoms with Crippen molar-refractivity contribution in [1.29, 1.82) is 0 Å². The molecule has 3 aromatic rings. The second kappa shape index (κ2) is 7.99. The van der Waals surface area contributed by atoms with Gasteiger partial charge in [-0.2, -0.15) is 5.10 Å². The summed E-state index contributed by atoms with van der Waals surface area (Å²) in [5.41, 5.74) is 2.95. The minimum absolute atomic E-state index is 0.0436. The van der Waals surface area contributed by atoms with Crippen LogP contribution in [0.5, 0.6) is 5.88 Å². The van der Waals surface area contributed by atoms with E-state index in [0.717, 1.165) is 30.5 Å². The second-order valence-electron chi connectivity index (χ2n) is 6.64. The number of nitrogens with zero attached hydrogens (tertiary/aromatic N) is 3. The third-order valence-corrected chi connectivity index (χ3v) is 4.74. The summed E-state index contributed by atoms with van der Waals surface area (Å²) in [4.78, 5) is 14.8. The maximum Gasteiger partial charge on any atom is 0.253 e. The van der Waals surface area contributed by atoms with Crippen LogP contribution in [-0.2, 0) is 0 Å². The highest BCUT2D eigenvalue weighted by Gasteiger charge is 2.26. The van der Waals surface area contributed by atoms with Gasteiger partial charge in [0, 0.05) is 24.4 Å². The van der Waals surface area contributed by atoms with Crippen LogP contribution < -0.4 is 4.74 Å². The van der Waals surface area contributed by atoms with Crippen LogP contribution in [0.1, 0.15) is 23.2 Å². The van der Waals surface area contributed by atoms with Crippen LogP contribution >= 0.6 is 0 Å². The molecule has 1 amide bonds. The van der Waals surface area contributed by atoms with Gasteiger partial charge in [0.15, 0.2) is 0 Å². The zero-order chi connectivity index (χ0) is 18.5. The van der Waals surface area contributed by atoms with Gasteiger partial charge in [-0.05, 0) is 42.2 Å². The van der Waals surface area contributed by atoms with Crippen molar-refractivity contribution in [3.8, 4) is 17.0 Å². The molecule has 2 aromatic carbocycles. The number of likely N-dealkylation sites (tertiary alicyclic amines) is 1. The van der Waals surface area contributed by atoms with Crippen LogP contribution in [0.3, 0.4) is 0 Å². The normalized spacial score (nSPS) is 16.7. The fourth-order valence-corrected chi connectivity index (χ4v) is 3.36. The zero-order valence-corrected chi connectivity index (χ0v) is 15.0. The molecule has 1 aliphatic heterocycles. The number of hydrogen-bond acceptors (Lipinski definition) is 4. The molecule has 1 aliphatic rings. The van der Waals surface area contributed by atoms with Crippen LogP contribution in [0.25, 0.3) is 11.1 Å². The highest BCUT2D eigenvalue weighted by Crippen LogP contribution is 2.22. The third-order valence-electron chi connectivity index (χ3n) is 4.74. The van der Waals surface area contributed by atoms with Gasteiger partial charge in [0.25, 0.3) is 5.91 Å². The first-order chi connectivity index (χ1) is 13.3. The molecule has 0 radical (unpaired) electrons. The molecule has 1 fully saturated rings. The third kappa shape index (κ3) is 4.14. The van der Waals surface area contributed by atoms with Crippen molar-refractivity contribution < 1.29 is 9.53 Å². The number of piperidine rings is 1. The average molecular weight is 359 g/mol. The van der Waals surface area contributed by atoms with Crippen molar-refractivity contribution in [1.82, 2.24) is 15.1 Å². The highest BCUT2D eigenvalue weighted by molar-refractivity contribution is 5.94.